The zero-order chi connectivity index (χ0) is 24.1. The summed E-state index contributed by atoms with van der Waals surface area (Å²) in [6.07, 6.45) is 1.58. The van der Waals surface area contributed by atoms with Gasteiger partial charge in [0.1, 0.15) is 0 Å². The molecule has 0 aromatic heterocycles. The summed E-state index contributed by atoms with van der Waals surface area (Å²) in [7, 11) is 0. The quantitative estimate of drug-likeness (QED) is 0.650. The van der Waals surface area contributed by atoms with E-state index in [0.717, 1.165) is 12.0 Å². The summed E-state index contributed by atoms with van der Waals surface area (Å²) in [4.78, 5) is 29.3. The third-order valence-corrected chi connectivity index (χ3v) is 7.93. The second kappa shape index (κ2) is 8.21. The van der Waals surface area contributed by atoms with Crippen molar-refractivity contribution in [2.45, 2.75) is 83.9 Å². The number of carbonyl (C=O) groups excluding carboxylic acids is 1. The van der Waals surface area contributed by atoms with E-state index >= 15 is 0 Å². The first-order valence-electron chi connectivity index (χ1n) is 11.4. The molecule has 0 radical (unpaired) electrons. The predicted molar refractivity (Wildman–Crippen MR) is 126 cm³/mol. The molecule has 0 bridgehead atoms. The Morgan fingerprint density at radius 3 is 2.22 bits per heavy atom. The van der Waals surface area contributed by atoms with Gasteiger partial charge >= 0.3 is 6.09 Å². The Morgan fingerprint density at radius 2 is 1.72 bits per heavy atom. The molecule has 2 amide bonds. The molecule has 1 saturated heterocycles. The summed E-state index contributed by atoms with van der Waals surface area (Å²) in [6, 6.07) is 7.26. The fourth-order valence-corrected chi connectivity index (χ4v) is 6.20. The Hall–Kier alpha value is -1.79. The lowest BCUT2D eigenvalue weighted by atomic mass is 9.66. The van der Waals surface area contributed by atoms with Crippen molar-refractivity contribution in [3.63, 3.8) is 0 Å². The molecule has 2 aliphatic rings. The number of hydrogen-bond acceptors (Lipinski definition) is 3. The van der Waals surface area contributed by atoms with Crippen molar-refractivity contribution in [3.05, 3.63) is 34.9 Å². The number of benzene rings is 1. The van der Waals surface area contributed by atoms with Gasteiger partial charge in [-0.05, 0) is 64.7 Å². The minimum absolute atomic E-state index is 0.00766. The van der Waals surface area contributed by atoms with Gasteiger partial charge in [0, 0.05) is 29.1 Å². The van der Waals surface area contributed by atoms with Gasteiger partial charge < -0.3 is 15.1 Å². The normalized spacial score (nSPS) is 30.2. The van der Waals surface area contributed by atoms with Gasteiger partial charge in [-0.25, -0.2) is 4.79 Å². The zero-order valence-electron chi connectivity index (χ0n) is 20.1. The molecule has 1 heterocycles. The van der Waals surface area contributed by atoms with Crippen molar-refractivity contribution in [3.8, 4) is 0 Å². The third-order valence-electron chi connectivity index (χ3n) is 7.68. The molecule has 0 unspecified atom stereocenters. The van der Waals surface area contributed by atoms with Crippen LogP contribution in [-0.2, 0) is 10.4 Å². The van der Waals surface area contributed by atoms with Gasteiger partial charge in [-0.3, -0.25) is 9.69 Å². The molecule has 1 aliphatic carbocycles. The monoisotopic (exact) mass is 464 g/mol. The van der Waals surface area contributed by atoms with Crippen LogP contribution in [0.1, 0.15) is 72.8 Å². The van der Waals surface area contributed by atoms with Gasteiger partial charge in [-0.2, -0.15) is 0 Å². The molecule has 1 saturated carbocycles. The maximum absolute atomic E-state index is 13.8. The number of likely N-dealkylation sites (tertiary alicyclic amines) is 1. The van der Waals surface area contributed by atoms with E-state index in [1.54, 1.807) is 12.1 Å². The van der Waals surface area contributed by atoms with Crippen LogP contribution in [0.15, 0.2) is 24.3 Å². The van der Waals surface area contributed by atoms with E-state index in [9.17, 15) is 19.8 Å². The molecular weight excluding hydrogens is 428 g/mol. The lowest BCUT2D eigenvalue weighted by molar-refractivity contribution is -0.160. The van der Waals surface area contributed by atoms with E-state index in [4.69, 9.17) is 11.6 Å². The Balaban J connectivity index is 1.86. The number of amides is 2. The number of piperidine rings is 1. The van der Waals surface area contributed by atoms with Crippen molar-refractivity contribution in [1.29, 1.82) is 0 Å². The zero-order valence-corrected chi connectivity index (χ0v) is 20.9. The second-order valence-corrected chi connectivity index (χ2v) is 11.8. The number of halogens is 1. The van der Waals surface area contributed by atoms with Crippen molar-refractivity contribution in [2.75, 3.05) is 13.1 Å². The summed E-state index contributed by atoms with van der Waals surface area (Å²) in [5, 5.41) is 22.2. The van der Waals surface area contributed by atoms with Crippen LogP contribution in [0.25, 0.3) is 0 Å². The fraction of sp³-hybridized carbons (Fsp3) is 0.680. The SMILES string of the molecule is CC(C)(C)N(C(=O)O)[C@]1(C)CCC[C@@H]1C(=O)N1CC[C@](O)(c2ccc(Cl)cc2)C(C)(C)C1. The highest BCUT2D eigenvalue weighted by Gasteiger charge is 2.55. The lowest BCUT2D eigenvalue weighted by Gasteiger charge is -2.53. The van der Waals surface area contributed by atoms with Crippen LogP contribution in [0.2, 0.25) is 5.02 Å². The van der Waals surface area contributed by atoms with E-state index in [2.05, 4.69) is 0 Å². The number of rotatable bonds is 3. The molecular formula is C25H37ClN2O4. The van der Waals surface area contributed by atoms with Gasteiger partial charge in [-0.1, -0.05) is 44.0 Å². The fourth-order valence-electron chi connectivity index (χ4n) is 6.07. The van der Waals surface area contributed by atoms with Crippen LogP contribution >= 0.6 is 11.6 Å². The van der Waals surface area contributed by atoms with Crippen LogP contribution in [0.3, 0.4) is 0 Å². The van der Waals surface area contributed by atoms with Gasteiger partial charge in [0.15, 0.2) is 0 Å². The number of hydrogen-bond donors (Lipinski definition) is 2. The van der Waals surface area contributed by atoms with E-state index in [0.29, 0.717) is 37.4 Å². The van der Waals surface area contributed by atoms with Crippen LogP contribution in [0.4, 0.5) is 4.79 Å². The Kier molecular flexibility index (Phi) is 6.37. The van der Waals surface area contributed by atoms with Crippen molar-refractivity contribution in [2.24, 2.45) is 11.3 Å². The minimum Gasteiger partial charge on any atom is -0.465 e. The second-order valence-electron chi connectivity index (χ2n) is 11.4. The van der Waals surface area contributed by atoms with Gasteiger partial charge in [0.25, 0.3) is 0 Å². The standard InChI is InChI=1S/C25H37ClN2O4/c1-22(2,3)28(21(30)31)24(6)13-7-8-19(24)20(29)27-15-14-25(32,23(4,5)16-27)17-9-11-18(26)12-10-17/h9-12,19,32H,7-8,13-16H2,1-6H3,(H,30,31)/t19-,24-,25+/m1/s1. The van der Waals surface area contributed by atoms with Gasteiger partial charge in [-0.15, -0.1) is 0 Å². The Morgan fingerprint density at radius 1 is 1.12 bits per heavy atom. The largest absolute Gasteiger partial charge is 0.465 e. The van der Waals surface area contributed by atoms with Gasteiger partial charge in [0.2, 0.25) is 5.91 Å². The molecule has 6 nitrogen and oxygen atoms in total. The number of nitrogens with zero attached hydrogens (tertiary/aromatic N) is 2. The summed E-state index contributed by atoms with van der Waals surface area (Å²) in [6.45, 7) is 12.3. The number of aliphatic hydroxyl groups is 1. The Bertz CT molecular complexity index is 879. The van der Waals surface area contributed by atoms with E-state index in [1.165, 1.54) is 4.90 Å². The topological polar surface area (TPSA) is 81.1 Å². The third kappa shape index (κ3) is 4.12. The molecule has 2 fully saturated rings. The minimum atomic E-state index is -1.08. The first-order chi connectivity index (χ1) is 14.6. The molecule has 7 heteroatoms. The van der Waals surface area contributed by atoms with Crippen LogP contribution in [-0.4, -0.2) is 56.2 Å². The molecule has 1 aromatic carbocycles. The van der Waals surface area contributed by atoms with E-state index < -0.39 is 34.1 Å². The smallest absolute Gasteiger partial charge is 0.408 e. The molecule has 1 aromatic rings. The molecule has 1 aliphatic heterocycles. The summed E-state index contributed by atoms with van der Waals surface area (Å²) in [5.74, 6) is -0.401. The molecule has 2 N–H and O–H groups in total. The molecule has 32 heavy (non-hydrogen) atoms. The Labute approximate surface area is 196 Å². The predicted octanol–water partition coefficient (Wildman–Crippen LogP) is 5.12. The van der Waals surface area contributed by atoms with Crippen LogP contribution in [0, 0.1) is 11.3 Å². The maximum Gasteiger partial charge on any atom is 0.408 e. The molecule has 3 rings (SSSR count). The van der Waals surface area contributed by atoms with Crippen molar-refractivity contribution in [1.82, 2.24) is 9.80 Å². The van der Waals surface area contributed by atoms with E-state index in [1.807, 2.05) is 58.6 Å². The first-order valence-corrected chi connectivity index (χ1v) is 11.8. The van der Waals surface area contributed by atoms with Crippen LogP contribution in [0.5, 0.6) is 0 Å². The van der Waals surface area contributed by atoms with Crippen molar-refractivity contribution >= 4 is 23.6 Å². The summed E-state index contributed by atoms with van der Waals surface area (Å²) >= 11 is 6.03. The average Bonchev–Trinajstić information content (AvgIpc) is 3.03. The molecule has 0 spiro atoms. The number of carbonyl (C=O) groups is 2. The average molecular weight is 465 g/mol. The lowest BCUT2D eigenvalue weighted by Crippen LogP contribution is -2.63. The summed E-state index contributed by atoms with van der Waals surface area (Å²) < 4.78 is 0. The van der Waals surface area contributed by atoms with E-state index in [-0.39, 0.29) is 5.91 Å². The first kappa shape index (κ1) is 24.8. The highest BCUT2D eigenvalue weighted by atomic mass is 35.5. The number of carboxylic acid groups (broad SMARTS) is 1. The van der Waals surface area contributed by atoms with Crippen molar-refractivity contribution < 1.29 is 19.8 Å². The molecule has 178 valence electrons. The van der Waals surface area contributed by atoms with Crippen LogP contribution < -0.4 is 0 Å². The highest BCUT2D eigenvalue weighted by molar-refractivity contribution is 6.30. The maximum atomic E-state index is 13.8. The summed E-state index contributed by atoms with van der Waals surface area (Å²) in [5.41, 5.74) is -2.23. The highest BCUT2D eigenvalue weighted by Crippen LogP contribution is 2.49. The molecule has 3 atom stereocenters. The van der Waals surface area contributed by atoms with Gasteiger partial charge in [0.05, 0.1) is 17.1 Å².